The zero-order valence-corrected chi connectivity index (χ0v) is 13.8. The molecule has 1 aliphatic heterocycles. The molecule has 1 aromatic carbocycles. The van der Waals surface area contributed by atoms with Crippen LogP contribution in [-0.2, 0) is 0 Å². The molecule has 1 aromatic heterocycles. The van der Waals surface area contributed by atoms with Gasteiger partial charge in [-0.2, -0.15) is 0 Å². The summed E-state index contributed by atoms with van der Waals surface area (Å²) in [6.07, 6.45) is 0. The van der Waals surface area contributed by atoms with E-state index in [-0.39, 0.29) is 11.8 Å². The summed E-state index contributed by atoms with van der Waals surface area (Å²) in [4.78, 5) is 25.0. The molecule has 0 atom stereocenters. The number of carbonyl (C=O) groups excluding carboxylic acids is 1. The lowest BCUT2D eigenvalue weighted by atomic mass is 10.3. The van der Waals surface area contributed by atoms with Gasteiger partial charge in [0.25, 0.3) is 0 Å². The second-order valence-electron chi connectivity index (χ2n) is 5.86. The van der Waals surface area contributed by atoms with Gasteiger partial charge in [0.2, 0.25) is 5.95 Å². The topological polar surface area (TPSA) is 61.4 Å². The van der Waals surface area contributed by atoms with Crippen LogP contribution < -0.4 is 10.2 Å². The standard InChI is InChI=1S/C17H20FN5O/c1-12-11-13(2)20-16(19-12)22-7-9-23(10-8-22)17(24)21-15-5-3-14(18)4-6-15/h3-6,11H,7-10H2,1-2H3,(H,21,24). The SMILES string of the molecule is Cc1cc(C)nc(N2CCN(C(=O)Nc3ccc(F)cc3)CC2)n1. The smallest absolute Gasteiger partial charge is 0.321 e. The highest BCUT2D eigenvalue weighted by Gasteiger charge is 2.22. The van der Waals surface area contributed by atoms with Crippen molar-refractivity contribution in [2.45, 2.75) is 13.8 Å². The van der Waals surface area contributed by atoms with E-state index >= 15 is 0 Å². The zero-order valence-electron chi connectivity index (χ0n) is 13.8. The Bertz CT molecular complexity index is 706. The summed E-state index contributed by atoms with van der Waals surface area (Å²) in [5.74, 6) is 0.390. The number of piperazine rings is 1. The summed E-state index contributed by atoms with van der Waals surface area (Å²) in [6.45, 7) is 6.43. The summed E-state index contributed by atoms with van der Waals surface area (Å²) in [5, 5.41) is 2.78. The average molecular weight is 329 g/mol. The fraction of sp³-hybridized carbons (Fsp3) is 0.353. The summed E-state index contributed by atoms with van der Waals surface area (Å²) >= 11 is 0. The zero-order chi connectivity index (χ0) is 17.1. The number of aryl methyl sites for hydroxylation is 2. The molecule has 0 saturated carbocycles. The van der Waals surface area contributed by atoms with Crippen LogP contribution in [0.4, 0.5) is 20.8 Å². The largest absolute Gasteiger partial charge is 0.337 e. The van der Waals surface area contributed by atoms with E-state index in [0.29, 0.717) is 37.8 Å². The number of halogens is 1. The lowest BCUT2D eigenvalue weighted by Crippen LogP contribution is -2.50. The second-order valence-corrected chi connectivity index (χ2v) is 5.86. The van der Waals surface area contributed by atoms with Crippen LogP contribution in [0.1, 0.15) is 11.4 Å². The van der Waals surface area contributed by atoms with Gasteiger partial charge in [0.05, 0.1) is 0 Å². The minimum atomic E-state index is -0.324. The van der Waals surface area contributed by atoms with Crippen LogP contribution in [0, 0.1) is 19.7 Å². The fourth-order valence-electron chi connectivity index (χ4n) is 2.69. The quantitative estimate of drug-likeness (QED) is 0.920. The summed E-state index contributed by atoms with van der Waals surface area (Å²) in [7, 11) is 0. The molecule has 24 heavy (non-hydrogen) atoms. The minimum Gasteiger partial charge on any atom is -0.337 e. The Kier molecular flexibility index (Phi) is 4.59. The van der Waals surface area contributed by atoms with Gasteiger partial charge in [-0.15, -0.1) is 0 Å². The first kappa shape index (κ1) is 16.2. The van der Waals surface area contributed by atoms with E-state index in [1.54, 1.807) is 17.0 Å². The predicted molar refractivity (Wildman–Crippen MR) is 90.7 cm³/mol. The van der Waals surface area contributed by atoms with Crippen molar-refractivity contribution < 1.29 is 9.18 Å². The Morgan fingerprint density at radius 2 is 1.62 bits per heavy atom. The van der Waals surface area contributed by atoms with E-state index in [2.05, 4.69) is 20.2 Å². The van der Waals surface area contributed by atoms with Crippen molar-refractivity contribution in [1.29, 1.82) is 0 Å². The molecule has 0 unspecified atom stereocenters. The Balaban J connectivity index is 1.58. The molecule has 1 aliphatic rings. The number of rotatable bonds is 2. The third kappa shape index (κ3) is 3.79. The van der Waals surface area contributed by atoms with Crippen molar-refractivity contribution in [2.24, 2.45) is 0 Å². The molecular weight excluding hydrogens is 309 g/mol. The van der Waals surface area contributed by atoms with Crippen molar-refractivity contribution in [1.82, 2.24) is 14.9 Å². The first-order chi connectivity index (χ1) is 11.5. The van der Waals surface area contributed by atoms with E-state index in [0.717, 1.165) is 11.4 Å². The summed E-state index contributed by atoms with van der Waals surface area (Å²) in [5.41, 5.74) is 2.46. The molecule has 6 nitrogen and oxygen atoms in total. The van der Waals surface area contributed by atoms with Crippen LogP contribution in [0.25, 0.3) is 0 Å². The maximum atomic E-state index is 12.9. The van der Waals surface area contributed by atoms with Gasteiger partial charge in [-0.05, 0) is 44.2 Å². The average Bonchev–Trinajstić information content (AvgIpc) is 2.56. The Morgan fingerprint density at radius 1 is 1.04 bits per heavy atom. The van der Waals surface area contributed by atoms with Gasteiger partial charge in [-0.3, -0.25) is 0 Å². The lowest BCUT2D eigenvalue weighted by Gasteiger charge is -2.34. The first-order valence-electron chi connectivity index (χ1n) is 7.90. The number of amides is 2. The lowest BCUT2D eigenvalue weighted by molar-refractivity contribution is 0.208. The molecule has 1 saturated heterocycles. The number of benzene rings is 1. The maximum Gasteiger partial charge on any atom is 0.321 e. The number of aromatic nitrogens is 2. The van der Waals surface area contributed by atoms with Gasteiger partial charge in [-0.25, -0.2) is 19.2 Å². The van der Waals surface area contributed by atoms with Crippen molar-refractivity contribution in [3.8, 4) is 0 Å². The number of anilines is 2. The molecule has 2 heterocycles. The third-order valence-electron chi connectivity index (χ3n) is 3.92. The Morgan fingerprint density at radius 3 is 2.21 bits per heavy atom. The highest BCUT2D eigenvalue weighted by molar-refractivity contribution is 5.89. The van der Waals surface area contributed by atoms with Crippen LogP contribution in [-0.4, -0.2) is 47.1 Å². The highest BCUT2D eigenvalue weighted by Crippen LogP contribution is 2.14. The maximum absolute atomic E-state index is 12.9. The molecule has 1 N–H and O–H groups in total. The number of hydrogen-bond acceptors (Lipinski definition) is 4. The van der Waals surface area contributed by atoms with Gasteiger partial charge in [0, 0.05) is 43.3 Å². The van der Waals surface area contributed by atoms with Crippen LogP contribution in [0.3, 0.4) is 0 Å². The molecule has 2 aromatic rings. The van der Waals surface area contributed by atoms with E-state index in [1.165, 1.54) is 12.1 Å². The molecule has 0 spiro atoms. The minimum absolute atomic E-state index is 0.178. The molecule has 2 amide bonds. The summed E-state index contributed by atoms with van der Waals surface area (Å²) < 4.78 is 12.9. The first-order valence-corrected chi connectivity index (χ1v) is 7.90. The molecule has 126 valence electrons. The van der Waals surface area contributed by atoms with Crippen LogP contribution in [0.5, 0.6) is 0 Å². The van der Waals surface area contributed by atoms with Gasteiger partial charge in [0.15, 0.2) is 0 Å². The van der Waals surface area contributed by atoms with Crippen molar-refractivity contribution >= 4 is 17.7 Å². The van der Waals surface area contributed by atoms with Crippen LogP contribution >= 0.6 is 0 Å². The summed E-state index contributed by atoms with van der Waals surface area (Å²) in [6, 6.07) is 7.51. The molecule has 0 aliphatic carbocycles. The Hall–Kier alpha value is -2.70. The van der Waals surface area contributed by atoms with Crippen molar-refractivity contribution in [3.63, 3.8) is 0 Å². The molecule has 7 heteroatoms. The molecule has 1 fully saturated rings. The van der Waals surface area contributed by atoms with E-state index in [4.69, 9.17) is 0 Å². The van der Waals surface area contributed by atoms with E-state index < -0.39 is 0 Å². The predicted octanol–water partition coefficient (Wildman–Crippen LogP) is 2.59. The number of urea groups is 1. The molecule has 0 bridgehead atoms. The van der Waals surface area contributed by atoms with Gasteiger partial charge >= 0.3 is 6.03 Å². The van der Waals surface area contributed by atoms with E-state index in [9.17, 15) is 9.18 Å². The van der Waals surface area contributed by atoms with Gasteiger partial charge in [-0.1, -0.05) is 0 Å². The molecule has 0 radical (unpaired) electrons. The normalized spacial score (nSPS) is 14.6. The number of nitrogens with zero attached hydrogens (tertiary/aromatic N) is 4. The van der Waals surface area contributed by atoms with Gasteiger partial charge < -0.3 is 15.1 Å². The Labute approximate surface area is 140 Å². The van der Waals surface area contributed by atoms with E-state index in [1.807, 2.05) is 19.9 Å². The fourth-order valence-corrected chi connectivity index (χ4v) is 2.69. The number of hydrogen-bond donors (Lipinski definition) is 1. The second kappa shape index (κ2) is 6.82. The van der Waals surface area contributed by atoms with Crippen LogP contribution in [0.2, 0.25) is 0 Å². The monoisotopic (exact) mass is 329 g/mol. The highest BCUT2D eigenvalue weighted by atomic mass is 19.1. The van der Waals surface area contributed by atoms with Crippen molar-refractivity contribution in [2.75, 3.05) is 36.4 Å². The van der Waals surface area contributed by atoms with Gasteiger partial charge in [0.1, 0.15) is 5.82 Å². The molecular formula is C17H20FN5O. The molecule has 3 rings (SSSR count). The van der Waals surface area contributed by atoms with Crippen molar-refractivity contribution in [3.05, 3.63) is 47.5 Å². The van der Waals surface area contributed by atoms with Crippen LogP contribution in [0.15, 0.2) is 30.3 Å². The third-order valence-corrected chi connectivity index (χ3v) is 3.92. The number of carbonyl (C=O) groups is 1. The number of nitrogens with one attached hydrogen (secondary N) is 1.